The van der Waals surface area contributed by atoms with Gasteiger partial charge in [-0.25, -0.2) is 0 Å². The van der Waals surface area contributed by atoms with Crippen molar-refractivity contribution >= 4 is 11.8 Å². The van der Waals surface area contributed by atoms with Crippen LogP contribution in [0, 0.1) is 0 Å². The van der Waals surface area contributed by atoms with Crippen molar-refractivity contribution in [1.29, 1.82) is 0 Å². The van der Waals surface area contributed by atoms with Crippen LogP contribution in [0.1, 0.15) is 30.7 Å². The topological polar surface area (TPSA) is 21.3 Å². The molecule has 2 aliphatic rings. The maximum Gasteiger partial charge on any atom is 0.122 e. The van der Waals surface area contributed by atoms with Gasteiger partial charge in [0, 0.05) is 17.8 Å². The summed E-state index contributed by atoms with van der Waals surface area (Å²) in [5, 5.41) is 3.79. The van der Waals surface area contributed by atoms with Gasteiger partial charge in [0.2, 0.25) is 0 Å². The van der Waals surface area contributed by atoms with Gasteiger partial charge in [0.15, 0.2) is 0 Å². The minimum Gasteiger partial charge on any atom is -0.496 e. The van der Waals surface area contributed by atoms with Gasteiger partial charge in [0.25, 0.3) is 0 Å². The lowest BCUT2D eigenvalue weighted by Gasteiger charge is -2.38. The van der Waals surface area contributed by atoms with Crippen molar-refractivity contribution in [2.24, 2.45) is 0 Å². The average Bonchev–Trinajstić information content (AvgIpc) is 2.86. The number of benzene rings is 1. The van der Waals surface area contributed by atoms with E-state index in [4.69, 9.17) is 4.74 Å². The molecule has 1 aromatic carbocycles. The Kier molecular flexibility index (Phi) is 3.80. The molecule has 1 aliphatic carbocycles. The second kappa shape index (κ2) is 5.54. The van der Waals surface area contributed by atoms with E-state index in [0.29, 0.717) is 5.92 Å². The van der Waals surface area contributed by atoms with Crippen LogP contribution in [-0.4, -0.2) is 30.7 Å². The Hall–Kier alpha value is -0.670. The molecule has 98 valence electrons. The number of hydrogen-bond donors (Lipinski definition) is 1. The molecule has 2 nitrogen and oxygen atoms in total. The van der Waals surface area contributed by atoms with Gasteiger partial charge in [-0.1, -0.05) is 18.2 Å². The van der Waals surface area contributed by atoms with Crippen LogP contribution >= 0.6 is 11.8 Å². The standard InChI is InChI=1S/C15H21NOS/c1-17-15-5-3-2-4-14(15)11-8-13(9-11)16-12-6-7-18-10-12/h2-5,11-13,16H,6-10H2,1H3. The summed E-state index contributed by atoms with van der Waals surface area (Å²) in [6.45, 7) is 0. The quantitative estimate of drug-likeness (QED) is 0.902. The molecule has 1 aromatic rings. The van der Waals surface area contributed by atoms with Gasteiger partial charge < -0.3 is 10.1 Å². The molecule has 1 aliphatic heterocycles. The first kappa shape index (κ1) is 12.4. The van der Waals surface area contributed by atoms with Gasteiger partial charge in [-0.15, -0.1) is 0 Å². The third-order valence-corrected chi connectivity index (χ3v) is 5.28. The van der Waals surface area contributed by atoms with Crippen LogP contribution in [-0.2, 0) is 0 Å². The molecule has 1 saturated carbocycles. The summed E-state index contributed by atoms with van der Waals surface area (Å²) in [5.41, 5.74) is 1.39. The number of methoxy groups -OCH3 is 1. The van der Waals surface area contributed by atoms with Crippen molar-refractivity contribution < 1.29 is 4.74 Å². The van der Waals surface area contributed by atoms with Crippen molar-refractivity contribution in [3.8, 4) is 5.75 Å². The summed E-state index contributed by atoms with van der Waals surface area (Å²) in [4.78, 5) is 0. The first-order valence-electron chi connectivity index (χ1n) is 6.83. The molecule has 2 fully saturated rings. The second-order valence-electron chi connectivity index (χ2n) is 5.33. The largest absolute Gasteiger partial charge is 0.496 e. The monoisotopic (exact) mass is 263 g/mol. The summed E-state index contributed by atoms with van der Waals surface area (Å²) < 4.78 is 5.45. The van der Waals surface area contributed by atoms with Crippen molar-refractivity contribution in [2.75, 3.05) is 18.6 Å². The van der Waals surface area contributed by atoms with Crippen LogP contribution < -0.4 is 10.1 Å². The number of thioether (sulfide) groups is 1. The molecule has 1 heterocycles. The van der Waals surface area contributed by atoms with Crippen molar-refractivity contribution in [2.45, 2.75) is 37.3 Å². The Morgan fingerprint density at radius 3 is 2.78 bits per heavy atom. The molecule has 0 radical (unpaired) electrons. The zero-order valence-corrected chi connectivity index (χ0v) is 11.7. The van der Waals surface area contributed by atoms with E-state index >= 15 is 0 Å². The Balaban J connectivity index is 1.54. The molecule has 18 heavy (non-hydrogen) atoms. The van der Waals surface area contributed by atoms with Crippen LogP contribution in [0.3, 0.4) is 0 Å². The van der Waals surface area contributed by atoms with Gasteiger partial charge in [-0.2, -0.15) is 11.8 Å². The van der Waals surface area contributed by atoms with Crippen LogP contribution in [0.2, 0.25) is 0 Å². The highest BCUT2D eigenvalue weighted by atomic mass is 32.2. The van der Waals surface area contributed by atoms with Gasteiger partial charge >= 0.3 is 0 Å². The summed E-state index contributed by atoms with van der Waals surface area (Å²) in [6.07, 6.45) is 3.88. The van der Waals surface area contributed by atoms with E-state index in [1.54, 1.807) is 7.11 Å². The van der Waals surface area contributed by atoms with E-state index in [9.17, 15) is 0 Å². The van der Waals surface area contributed by atoms with E-state index in [-0.39, 0.29) is 0 Å². The molecule has 0 bridgehead atoms. The van der Waals surface area contributed by atoms with E-state index in [1.807, 2.05) is 6.07 Å². The first-order chi connectivity index (χ1) is 8.86. The van der Waals surface area contributed by atoms with Gasteiger partial charge in [-0.3, -0.25) is 0 Å². The third-order valence-electron chi connectivity index (χ3n) is 4.12. The van der Waals surface area contributed by atoms with Crippen LogP contribution in [0.4, 0.5) is 0 Å². The van der Waals surface area contributed by atoms with Gasteiger partial charge in [0.1, 0.15) is 5.75 Å². The first-order valence-corrected chi connectivity index (χ1v) is 7.99. The number of rotatable bonds is 4. The molecule has 1 saturated heterocycles. The second-order valence-corrected chi connectivity index (χ2v) is 6.48. The summed E-state index contributed by atoms with van der Waals surface area (Å²) in [7, 11) is 1.77. The van der Waals surface area contributed by atoms with E-state index in [2.05, 4.69) is 35.3 Å². The lowest BCUT2D eigenvalue weighted by molar-refractivity contribution is 0.265. The highest BCUT2D eigenvalue weighted by Gasteiger charge is 2.33. The molecule has 1 atom stereocenters. The normalized spacial score (nSPS) is 31.1. The Labute approximate surface area is 113 Å². The smallest absolute Gasteiger partial charge is 0.122 e. The zero-order chi connectivity index (χ0) is 12.4. The average molecular weight is 263 g/mol. The molecule has 0 amide bonds. The van der Waals surface area contributed by atoms with Crippen molar-refractivity contribution in [3.63, 3.8) is 0 Å². The highest BCUT2D eigenvalue weighted by Crippen LogP contribution is 2.41. The predicted octanol–water partition coefficient (Wildman–Crippen LogP) is 3.04. The van der Waals surface area contributed by atoms with Gasteiger partial charge in [0.05, 0.1) is 7.11 Å². The van der Waals surface area contributed by atoms with Crippen LogP contribution in [0.25, 0.3) is 0 Å². The molecule has 1 N–H and O–H groups in total. The Morgan fingerprint density at radius 1 is 1.22 bits per heavy atom. The third kappa shape index (κ3) is 2.52. The Morgan fingerprint density at radius 2 is 2.06 bits per heavy atom. The predicted molar refractivity (Wildman–Crippen MR) is 77.6 cm³/mol. The number of hydrogen-bond acceptors (Lipinski definition) is 3. The summed E-state index contributed by atoms with van der Waals surface area (Å²) in [5.74, 6) is 4.38. The molecular formula is C15H21NOS. The number of nitrogens with one attached hydrogen (secondary N) is 1. The van der Waals surface area contributed by atoms with E-state index in [1.165, 1.54) is 36.3 Å². The summed E-state index contributed by atoms with van der Waals surface area (Å²) in [6, 6.07) is 9.94. The van der Waals surface area contributed by atoms with Gasteiger partial charge in [-0.05, 0) is 42.6 Å². The summed E-state index contributed by atoms with van der Waals surface area (Å²) >= 11 is 2.08. The van der Waals surface area contributed by atoms with Crippen LogP contribution in [0.5, 0.6) is 5.75 Å². The lowest BCUT2D eigenvalue weighted by atomic mass is 9.75. The number of ether oxygens (including phenoxy) is 1. The zero-order valence-electron chi connectivity index (χ0n) is 10.9. The van der Waals surface area contributed by atoms with Crippen molar-refractivity contribution in [1.82, 2.24) is 5.32 Å². The molecule has 0 aromatic heterocycles. The molecule has 3 rings (SSSR count). The van der Waals surface area contributed by atoms with Crippen molar-refractivity contribution in [3.05, 3.63) is 29.8 Å². The Bertz CT molecular complexity index is 397. The fourth-order valence-corrected chi connectivity index (χ4v) is 4.18. The minimum atomic E-state index is 0.688. The van der Waals surface area contributed by atoms with Crippen LogP contribution in [0.15, 0.2) is 24.3 Å². The SMILES string of the molecule is COc1ccccc1C1CC(NC2CCSC2)C1. The van der Waals surface area contributed by atoms with E-state index in [0.717, 1.165) is 17.8 Å². The highest BCUT2D eigenvalue weighted by molar-refractivity contribution is 7.99. The maximum absolute atomic E-state index is 5.45. The fourth-order valence-electron chi connectivity index (χ4n) is 3.01. The number of para-hydroxylation sites is 1. The minimum absolute atomic E-state index is 0.688. The molecule has 3 heteroatoms. The molecular weight excluding hydrogens is 242 g/mol. The van der Waals surface area contributed by atoms with E-state index < -0.39 is 0 Å². The maximum atomic E-state index is 5.45. The molecule has 1 unspecified atom stereocenters. The fraction of sp³-hybridized carbons (Fsp3) is 0.600. The lowest BCUT2D eigenvalue weighted by Crippen LogP contribution is -2.45. The molecule has 0 spiro atoms.